The number of hydrogen-bond acceptors (Lipinski definition) is 5. The van der Waals surface area contributed by atoms with E-state index in [1.165, 1.54) is 6.20 Å². The zero-order valence-electron chi connectivity index (χ0n) is 11.7. The fourth-order valence-electron chi connectivity index (χ4n) is 2.28. The fourth-order valence-corrected chi connectivity index (χ4v) is 2.28. The summed E-state index contributed by atoms with van der Waals surface area (Å²) in [6.45, 7) is 2.70. The van der Waals surface area contributed by atoms with E-state index in [4.69, 9.17) is 9.47 Å². The molecule has 5 nitrogen and oxygen atoms in total. The van der Waals surface area contributed by atoms with E-state index in [1.807, 2.05) is 24.3 Å². The van der Waals surface area contributed by atoms with Gasteiger partial charge in [0.25, 0.3) is 0 Å². The molecule has 0 saturated heterocycles. The van der Waals surface area contributed by atoms with Crippen molar-refractivity contribution in [1.29, 1.82) is 0 Å². The van der Waals surface area contributed by atoms with E-state index in [-0.39, 0.29) is 12.0 Å². The van der Waals surface area contributed by atoms with Gasteiger partial charge in [-0.2, -0.15) is 0 Å². The van der Waals surface area contributed by atoms with Crippen molar-refractivity contribution in [3.8, 4) is 5.75 Å². The number of anilines is 1. The molecule has 1 aliphatic heterocycles. The third kappa shape index (κ3) is 2.81. The maximum Gasteiger partial charge on any atom is 0.339 e. The lowest BCUT2D eigenvalue weighted by Gasteiger charge is -2.12. The lowest BCUT2D eigenvalue weighted by molar-refractivity contribution is 0.0526. The van der Waals surface area contributed by atoms with Crippen molar-refractivity contribution in [2.45, 2.75) is 13.0 Å². The van der Waals surface area contributed by atoms with Crippen LogP contribution in [-0.4, -0.2) is 24.2 Å². The van der Waals surface area contributed by atoms with Gasteiger partial charge in [0.05, 0.1) is 18.2 Å². The first-order chi connectivity index (χ1) is 10.3. The number of nitrogens with zero attached hydrogens (tertiary/aromatic N) is 1. The van der Waals surface area contributed by atoms with Crippen molar-refractivity contribution in [3.05, 3.63) is 53.7 Å². The molecule has 1 atom stereocenters. The molecule has 1 aliphatic rings. The Balaban J connectivity index is 1.71. The Bertz CT molecular complexity index is 640. The largest absolute Gasteiger partial charge is 0.491 e. The van der Waals surface area contributed by atoms with Crippen molar-refractivity contribution in [3.63, 3.8) is 0 Å². The smallest absolute Gasteiger partial charge is 0.339 e. The van der Waals surface area contributed by atoms with Crippen LogP contribution in [0.2, 0.25) is 0 Å². The highest BCUT2D eigenvalue weighted by molar-refractivity contribution is 5.89. The first-order valence-electron chi connectivity index (χ1n) is 6.89. The van der Waals surface area contributed by atoms with E-state index in [9.17, 15) is 4.79 Å². The van der Waals surface area contributed by atoms with E-state index in [0.717, 1.165) is 11.3 Å². The Morgan fingerprint density at radius 1 is 1.38 bits per heavy atom. The minimum atomic E-state index is -0.355. The highest BCUT2D eigenvalue weighted by atomic mass is 16.5. The van der Waals surface area contributed by atoms with Crippen LogP contribution in [0.25, 0.3) is 0 Å². The second-order valence-electron chi connectivity index (χ2n) is 4.70. The lowest BCUT2D eigenvalue weighted by atomic mass is 10.1. The number of carbonyl (C=O) groups excluding carboxylic acids is 1. The number of fused-ring (bicyclic) bond motifs is 1. The number of pyridine rings is 1. The van der Waals surface area contributed by atoms with Gasteiger partial charge < -0.3 is 14.8 Å². The van der Waals surface area contributed by atoms with E-state index < -0.39 is 0 Å². The number of carbonyl (C=O) groups is 1. The van der Waals surface area contributed by atoms with Crippen LogP contribution in [0.5, 0.6) is 5.75 Å². The van der Waals surface area contributed by atoms with Crippen molar-refractivity contribution in [2.24, 2.45) is 0 Å². The normalized spacial score (nSPS) is 16.0. The van der Waals surface area contributed by atoms with Gasteiger partial charge in [0.15, 0.2) is 0 Å². The summed E-state index contributed by atoms with van der Waals surface area (Å²) in [6.07, 6.45) is 1.52. The zero-order chi connectivity index (χ0) is 14.7. The van der Waals surface area contributed by atoms with Gasteiger partial charge >= 0.3 is 5.97 Å². The van der Waals surface area contributed by atoms with E-state index >= 15 is 0 Å². The highest BCUT2D eigenvalue weighted by Gasteiger charge is 2.23. The number of para-hydroxylation sites is 1. The zero-order valence-corrected chi connectivity index (χ0v) is 11.7. The van der Waals surface area contributed by atoms with Crippen molar-refractivity contribution in [2.75, 3.05) is 18.5 Å². The van der Waals surface area contributed by atoms with Gasteiger partial charge in [-0.1, -0.05) is 18.2 Å². The number of aromatic nitrogens is 1. The Morgan fingerprint density at radius 3 is 3.00 bits per heavy atom. The summed E-state index contributed by atoms with van der Waals surface area (Å²) in [6, 6.07) is 11.5. The Morgan fingerprint density at radius 2 is 2.24 bits per heavy atom. The topological polar surface area (TPSA) is 60.5 Å². The van der Waals surface area contributed by atoms with Crippen LogP contribution in [0.1, 0.15) is 28.9 Å². The first kappa shape index (κ1) is 13.4. The third-order valence-electron chi connectivity index (χ3n) is 3.30. The number of ether oxygens (including phenoxy) is 2. The molecule has 2 aromatic rings. The molecular formula is C16H16N2O3. The lowest BCUT2D eigenvalue weighted by Crippen LogP contribution is -2.13. The summed E-state index contributed by atoms with van der Waals surface area (Å²) < 4.78 is 10.5. The first-order valence-corrected chi connectivity index (χ1v) is 6.89. The minimum Gasteiger partial charge on any atom is -0.491 e. The summed E-state index contributed by atoms with van der Waals surface area (Å²) in [5, 5.41) is 3.31. The quantitative estimate of drug-likeness (QED) is 0.875. The van der Waals surface area contributed by atoms with Gasteiger partial charge in [-0.3, -0.25) is 0 Å². The second kappa shape index (κ2) is 5.83. The second-order valence-corrected chi connectivity index (χ2v) is 4.70. The highest BCUT2D eigenvalue weighted by Crippen LogP contribution is 2.33. The molecule has 108 valence electrons. The van der Waals surface area contributed by atoms with Crippen LogP contribution in [0.3, 0.4) is 0 Å². The van der Waals surface area contributed by atoms with E-state index in [0.29, 0.717) is 24.6 Å². The molecule has 0 saturated carbocycles. The maximum absolute atomic E-state index is 11.6. The Hall–Kier alpha value is -2.56. The molecule has 1 aromatic heterocycles. The molecule has 1 aromatic carbocycles. The monoisotopic (exact) mass is 284 g/mol. The summed E-state index contributed by atoms with van der Waals surface area (Å²) >= 11 is 0. The van der Waals surface area contributed by atoms with Crippen LogP contribution in [0.15, 0.2) is 42.6 Å². The summed E-state index contributed by atoms with van der Waals surface area (Å²) in [7, 11) is 0. The number of hydrogen-bond donors (Lipinski definition) is 1. The number of rotatable bonds is 4. The molecule has 0 aliphatic carbocycles. The van der Waals surface area contributed by atoms with Crippen LogP contribution in [0.4, 0.5) is 5.82 Å². The third-order valence-corrected chi connectivity index (χ3v) is 3.30. The molecule has 3 rings (SSSR count). The maximum atomic E-state index is 11.6. The van der Waals surface area contributed by atoms with Crippen molar-refractivity contribution in [1.82, 2.24) is 4.98 Å². The molecule has 0 fully saturated rings. The fraction of sp³-hybridized carbons (Fsp3) is 0.250. The number of nitrogens with one attached hydrogen (secondary N) is 1. The van der Waals surface area contributed by atoms with E-state index in [1.54, 1.807) is 19.1 Å². The van der Waals surface area contributed by atoms with Gasteiger partial charge in [0.1, 0.15) is 18.2 Å². The van der Waals surface area contributed by atoms with Gasteiger partial charge in [-0.25, -0.2) is 9.78 Å². The average Bonchev–Trinajstić information content (AvgIpc) is 2.92. The van der Waals surface area contributed by atoms with Crippen LogP contribution < -0.4 is 10.1 Å². The van der Waals surface area contributed by atoms with Gasteiger partial charge in [-0.05, 0) is 25.1 Å². The van der Waals surface area contributed by atoms with Crippen molar-refractivity contribution >= 4 is 11.8 Å². The molecule has 2 heterocycles. The molecule has 21 heavy (non-hydrogen) atoms. The number of benzene rings is 1. The molecule has 0 spiro atoms. The van der Waals surface area contributed by atoms with E-state index in [2.05, 4.69) is 10.3 Å². The molecule has 0 radical (unpaired) electrons. The Kier molecular flexibility index (Phi) is 3.73. The molecule has 0 bridgehead atoms. The number of esters is 1. The summed E-state index contributed by atoms with van der Waals surface area (Å²) in [4.78, 5) is 15.8. The molecule has 0 amide bonds. The molecule has 1 N–H and O–H groups in total. The van der Waals surface area contributed by atoms with Crippen LogP contribution in [0, 0.1) is 0 Å². The Labute approximate surface area is 122 Å². The predicted octanol–water partition coefficient (Wildman–Crippen LogP) is 2.80. The summed E-state index contributed by atoms with van der Waals surface area (Å²) in [5.41, 5.74) is 1.57. The SMILES string of the molecule is CCOC(=O)c1ccc(NC2COc3ccccc32)nc1. The molecular weight excluding hydrogens is 268 g/mol. The van der Waals surface area contributed by atoms with Gasteiger partial charge in [-0.15, -0.1) is 0 Å². The summed E-state index contributed by atoms with van der Waals surface area (Å²) in [5.74, 6) is 1.25. The van der Waals surface area contributed by atoms with Crippen LogP contribution >= 0.6 is 0 Å². The van der Waals surface area contributed by atoms with Crippen molar-refractivity contribution < 1.29 is 14.3 Å². The predicted molar refractivity (Wildman–Crippen MR) is 78.5 cm³/mol. The standard InChI is InChI=1S/C16H16N2O3/c1-2-20-16(19)11-7-8-15(17-9-11)18-13-10-21-14-6-4-3-5-12(13)14/h3-9,13H,2,10H2,1H3,(H,17,18). The van der Waals surface area contributed by atoms with Gasteiger partial charge in [0.2, 0.25) is 0 Å². The molecule has 5 heteroatoms. The average molecular weight is 284 g/mol. The van der Waals surface area contributed by atoms with Crippen LogP contribution in [-0.2, 0) is 4.74 Å². The minimum absolute atomic E-state index is 0.0714. The molecule has 1 unspecified atom stereocenters. The van der Waals surface area contributed by atoms with Gasteiger partial charge in [0, 0.05) is 11.8 Å².